The summed E-state index contributed by atoms with van der Waals surface area (Å²) >= 11 is 0. The molecule has 0 aliphatic carbocycles. The molecular formula is C13H25N5O. The predicted octanol–water partition coefficient (Wildman–Crippen LogP) is -0.275. The third kappa shape index (κ3) is 6.35. The smallest absolute Gasteiger partial charge is 0.225 e. The fraction of sp³-hybridized carbons (Fsp3) is 0.692. The van der Waals surface area contributed by atoms with Crippen molar-refractivity contribution >= 4 is 12.1 Å². The van der Waals surface area contributed by atoms with Gasteiger partial charge in [0, 0.05) is 25.8 Å². The lowest BCUT2D eigenvalue weighted by Crippen LogP contribution is -2.40. The van der Waals surface area contributed by atoms with Crippen LogP contribution in [0.2, 0.25) is 0 Å². The van der Waals surface area contributed by atoms with Gasteiger partial charge in [-0.05, 0) is 38.4 Å². The summed E-state index contributed by atoms with van der Waals surface area (Å²) in [4.78, 5) is 15.1. The first kappa shape index (κ1) is 15.7. The number of carbonyl (C=O) groups is 1. The molecule has 108 valence electrons. The lowest BCUT2D eigenvalue weighted by atomic mass is 10.1. The second-order valence-electron chi connectivity index (χ2n) is 4.76. The molecule has 5 N–H and O–H groups in total. The molecule has 0 spiro atoms. The summed E-state index contributed by atoms with van der Waals surface area (Å²) in [5, 5.41) is 9.34. The normalized spacial score (nSPS) is 18.4. The van der Waals surface area contributed by atoms with Crippen molar-refractivity contribution in [2.75, 3.05) is 26.7 Å². The molecule has 0 atom stereocenters. The van der Waals surface area contributed by atoms with E-state index in [4.69, 9.17) is 5.73 Å². The van der Waals surface area contributed by atoms with Crippen LogP contribution in [0.15, 0.2) is 16.4 Å². The average molecular weight is 267 g/mol. The molecule has 19 heavy (non-hydrogen) atoms. The molecule has 1 rings (SSSR count). The minimum atomic E-state index is -0.0676. The van der Waals surface area contributed by atoms with E-state index in [9.17, 15) is 4.79 Å². The molecular weight excluding hydrogens is 242 g/mol. The largest absolute Gasteiger partial charge is 0.384 e. The van der Waals surface area contributed by atoms with E-state index in [1.54, 1.807) is 13.3 Å². The molecule has 1 amide bonds. The first-order chi connectivity index (χ1) is 9.13. The van der Waals surface area contributed by atoms with E-state index in [0.717, 1.165) is 38.0 Å². The van der Waals surface area contributed by atoms with Gasteiger partial charge in [-0.2, -0.15) is 0 Å². The summed E-state index contributed by atoms with van der Waals surface area (Å²) in [6.07, 6.45) is 4.09. The average Bonchev–Trinajstić information content (AvgIpc) is 2.45. The Balaban J connectivity index is 2.33. The van der Waals surface area contributed by atoms with Gasteiger partial charge in [0.1, 0.15) is 5.82 Å². The van der Waals surface area contributed by atoms with E-state index in [1.165, 1.54) is 0 Å². The van der Waals surface area contributed by atoms with E-state index in [-0.39, 0.29) is 12.3 Å². The number of hydrogen-bond donors (Lipinski definition) is 4. The molecule has 0 bridgehead atoms. The van der Waals surface area contributed by atoms with E-state index in [0.29, 0.717) is 11.9 Å². The van der Waals surface area contributed by atoms with Crippen LogP contribution in [0.4, 0.5) is 0 Å². The van der Waals surface area contributed by atoms with Crippen LogP contribution in [0, 0.1) is 0 Å². The summed E-state index contributed by atoms with van der Waals surface area (Å²) in [5.74, 6) is 0.423. The zero-order chi connectivity index (χ0) is 14.1. The van der Waals surface area contributed by atoms with Gasteiger partial charge in [-0.25, -0.2) is 4.99 Å². The number of nitrogens with zero attached hydrogens (tertiary/aromatic N) is 1. The van der Waals surface area contributed by atoms with E-state index < -0.39 is 0 Å². The fourth-order valence-electron chi connectivity index (χ4n) is 1.85. The van der Waals surface area contributed by atoms with E-state index in [1.807, 2.05) is 6.92 Å². The van der Waals surface area contributed by atoms with Crippen molar-refractivity contribution in [3.63, 3.8) is 0 Å². The minimum absolute atomic E-state index is 0.0676. The van der Waals surface area contributed by atoms with Gasteiger partial charge >= 0.3 is 0 Å². The summed E-state index contributed by atoms with van der Waals surface area (Å²) in [7, 11) is 1.60. The number of aliphatic imine (C=N–C) groups is 1. The molecule has 0 radical (unpaired) electrons. The highest BCUT2D eigenvalue weighted by molar-refractivity contribution is 5.89. The highest BCUT2D eigenvalue weighted by Gasteiger charge is 2.11. The zero-order valence-corrected chi connectivity index (χ0v) is 11.8. The molecule has 0 saturated carbocycles. The molecule has 0 unspecified atom stereocenters. The molecule has 1 aliphatic heterocycles. The molecule has 0 aromatic carbocycles. The van der Waals surface area contributed by atoms with Crippen molar-refractivity contribution in [2.45, 2.75) is 32.2 Å². The molecule has 0 aromatic rings. The second kappa shape index (κ2) is 8.66. The Bertz CT molecular complexity index is 345. The summed E-state index contributed by atoms with van der Waals surface area (Å²) in [6, 6.07) is 0.554. The summed E-state index contributed by atoms with van der Waals surface area (Å²) < 4.78 is 0. The van der Waals surface area contributed by atoms with Gasteiger partial charge in [0.2, 0.25) is 5.91 Å². The van der Waals surface area contributed by atoms with Crippen molar-refractivity contribution in [3.05, 3.63) is 11.4 Å². The summed E-state index contributed by atoms with van der Waals surface area (Å²) in [5.41, 5.74) is 6.86. The minimum Gasteiger partial charge on any atom is -0.384 e. The molecule has 6 heteroatoms. The van der Waals surface area contributed by atoms with Gasteiger partial charge in [-0.15, -0.1) is 0 Å². The lowest BCUT2D eigenvalue weighted by molar-refractivity contribution is -0.119. The van der Waals surface area contributed by atoms with Gasteiger partial charge in [0.25, 0.3) is 0 Å². The standard InChI is InChI=1S/C13H25N5O/c1-10(9-18-11-3-6-16-7-4-11)13(14)17-8-5-12(19)15-2/h8,11,16,18H,3-7,9,14H2,1-2H3,(H,15,19)/b13-10-,17-8-. The number of hydrogen-bond acceptors (Lipinski definition) is 5. The van der Waals surface area contributed by atoms with E-state index >= 15 is 0 Å². The number of nitrogens with two attached hydrogens (primary N) is 1. The number of carbonyl (C=O) groups excluding carboxylic acids is 1. The van der Waals surface area contributed by atoms with Crippen LogP contribution >= 0.6 is 0 Å². The Kier molecular flexibility index (Phi) is 7.14. The molecule has 0 aromatic heterocycles. The van der Waals surface area contributed by atoms with Crippen LogP contribution in [0.25, 0.3) is 0 Å². The zero-order valence-electron chi connectivity index (χ0n) is 11.8. The second-order valence-corrected chi connectivity index (χ2v) is 4.76. The number of rotatable bonds is 6. The Morgan fingerprint density at radius 3 is 2.79 bits per heavy atom. The van der Waals surface area contributed by atoms with Crippen molar-refractivity contribution in [1.29, 1.82) is 0 Å². The Morgan fingerprint density at radius 1 is 1.47 bits per heavy atom. The van der Waals surface area contributed by atoms with Crippen molar-refractivity contribution in [2.24, 2.45) is 10.7 Å². The van der Waals surface area contributed by atoms with Gasteiger partial charge < -0.3 is 21.7 Å². The maximum Gasteiger partial charge on any atom is 0.225 e. The quantitative estimate of drug-likeness (QED) is 0.498. The summed E-state index contributed by atoms with van der Waals surface area (Å²) in [6.45, 7) is 4.84. The first-order valence-corrected chi connectivity index (χ1v) is 6.76. The lowest BCUT2D eigenvalue weighted by Gasteiger charge is -2.24. The molecule has 1 heterocycles. The Morgan fingerprint density at radius 2 is 2.16 bits per heavy atom. The van der Waals surface area contributed by atoms with Crippen LogP contribution in [-0.4, -0.2) is 44.8 Å². The molecule has 1 saturated heterocycles. The van der Waals surface area contributed by atoms with Crippen LogP contribution < -0.4 is 21.7 Å². The molecule has 1 aliphatic rings. The van der Waals surface area contributed by atoms with Gasteiger partial charge in [0.15, 0.2) is 0 Å². The van der Waals surface area contributed by atoms with Crippen LogP contribution in [0.1, 0.15) is 26.2 Å². The van der Waals surface area contributed by atoms with Crippen molar-refractivity contribution in [3.8, 4) is 0 Å². The SMILES string of the molecule is CNC(=O)C/C=N\C(N)=C(\C)CNC1CCNCC1. The highest BCUT2D eigenvalue weighted by atomic mass is 16.1. The maximum atomic E-state index is 11.0. The van der Waals surface area contributed by atoms with Crippen LogP contribution in [0.5, 0.6) is 0 Å². The first-order valence-electron chi connectivity index (χ1n) is 6.76. The number of nitrogens with one attached hydrogen (secondary N) is 3. The Hall–Kier alpha value is -1.40. The topological polar surface area (TPSA) is 91.5 Å². The van der Waals surface area contributed by atoms with Crippen LogP contribution in [-0.2, 0) is 4.79 Å². The van der Waals surface area contributed by atoms with Crippen molar-refractivity contribution < 1.29 is 4.79 Å². The maximum absolute atomic E-state index is 11.0. The number of amides is 1. The van der Waals surface area contributed by atoms with Gasteiger partial charge in [-0.1, -0.05) is 0 Å². The highest BCUT2D eigenvalue weighted by Crippen LogP contribution is 2.04. The Labute approximate surface area is 114 Å². The monoisotopic (exact) mass is 267 g/mol. The molecule has 6 nitrogen and oxygen atoms in total. The van der Waals surface area contributed by atoms with E-state index in [2.05, 4.69) is 20.9 Å². The fourth-order valence-corrected chi connectivity index (χ4v) is 1.85. The van der Waals surface area contributed by atoms with Gasteiger partial charge in [0.05, 0.1) is 6.42 Å². The van der Waals surface area contributed by atoms with Gasteiger partial charge in [-0.3, -0.25) is 4.79 Å². The number of piperidine rings is 1. The third-order valence-electron chi connectivity index (χ3n) is 3.22. The molecule has 1 fully saturated rings. The van der Waals surface area contributed by atoms with Crippen LogP contribution in [0.3, 0.4) is 0 Å². The predicted molar refractivity (Wildman–Crippen MR) is 78.0 cm³/mol. The van der Waals surface area contributed by atoms with Crippen molar-refractivity contribution in [1.82, 2.24) is 16.0 Å². The third-order valence-corrected chi connectivity index (χ3v) is 3.22.